The fourth-order valence-corrected chi connectivity index (χ4v) is 3.17. The summed E-state index contributed by atoms with van der Waals surface area (Å²) < 4.78 is 0. The van der Waals surface area contributed by atoms with Gasteiger partial charge in [-0.2, -0.15) is 0 Å². The van der Waals surface area contributed by atoms with Crippen molar-refractivity contribution >= 4 is 17.3 Å². The van der Waals surface area contributed by atoms with E-state index in [9.17, 15) is 14.7 Å². The van der Waals surface area contributed by atoms with Crippen molar-refractivity contribution in [1.29, 1.82) is 0 Å². The third-order valence-corrected chi connectivity index (χ3v) is 4.39. The van der Waals surface area contributed by atoms with Crippen LogP contribution in [0.3, 0.4) is 0 Å². The molecule has 2 aliphatic carbocycles. The molecule has 0 heterocycles. The SMILES string of the molecule is O=C1C(=O)c2ccccc2C(O)=C1NCC1CCCCC1. The Morgan fingerprint density at radius 1 is 1.00 bits per heavy atom. The van der Waals surface area contributed by atoms with Gasteiger partial charge < -0.3 is 10.4 Å². The first kappa shape index (κ1) is 13.9. The number of fused-ring (bicyclic) bond motifs is 1. The van der Waals surface area contributed by atoms with Crippen molar-refractivity contribution in [3.8, 4) is 0 Å². The highest BCUT2D eigenvalue weighted by Gasteiger charge is 2.32. The summed E-state index contributed by atoms with van der Waals surface area (Å²) in [5.41, 5.74) is 0.778. The monoisotopic (exact) mass is 285 g/mol. The van der Waals surface area contributed by atoms with Gasteiger partial charge in [0.1, 0.15) is 5.70 Å². The third kappa shape index (κ3) is 2.58. The van der Waals surface area contributed by atoms with Gasteiger partial charge in [-0.15, -0.1) is 0 Å². The molecule has 1 aromatic rings. The highest BCUT2D eigenvalue weighted by atomic mass is 16.3. The molecule has 0 aliphatic heterocycles. The molecule has 110 valence electrons. The van der Waals surface area contributed by atoms with Gasteiger partial charge in [-0.05, 0) is 18.8 Å². The number of aliphatic hydroxyl groups excluding tert-OH is 1. The molecule has 3 rings (SSSR count). The van der Waals surface area contributed by atoms with Gasteiger partial charge >= 0.3 is 0 Å². The molecule has 0 atom stereocenters. The molecule has 4 heteroatoms. The van der Waals surface area contributed by atoms with Crippen molar-refractivity contribution in [2.75, 3.05) is 6.54 Å². The van der Waals surface area contributed by atoms with E-state index in [0.29, 0.717) is 18.0 Å². The number of ketones is 2. The lowest BCUT2D eigenvalue weighted by molar-refractivity contribution is -0.112. The van der Waals surface area contributed by atoms with Crippen molar-refractivity contribution in [2.45, 2.75) is 32.1 Å². The predicted molar refractivity (Wildman–Crippen MR) is 79.9 cm³/mol. The number of hydrogen-bond acceptors (Lipinski definition) is 4. The third-order valence-electron chi connectivity index (χ3n) is 4.39. The van der Waals surface area contributed by atoms with E-state index in [1.165, 1.54) is 19.3 Å². The summed E-state index contributed by atoms with van der Waals surface area (Å²) in [5, 5.41) is 13.3. The van der Waals surface area contributed by atoms with Crippen LogP contribution in [0.15, 0.2) is 30.0 Å². The molecule has 1 saturated carbocycles. The largest absolute Gasteiger partial charge is 0.505 e. The van der Waals surface area contributed by atoms with E-state index in [1.807, 2.05) is 0 Å². The molecule has 0 saturated heterocycles. The Kier molecular flexibility index (Phi) is 3.78. The van der Waals surface area contributed by atoms with Gasteiger partial charge in [0.15, 0.2) is 5.76 Å². The van der Waals surface area contributed by atoms with Crippen LogP contribution < -0.4 is 5.32 Å². The van der Waals surface area contributed by atoms with Crippen LogP contribution in [0.5, 0.6) is 0 Å². The minimum atomic E-state index is -0.637. The van der Waals surface area contributed by atoms with Gasteiger partial charge in [0.25, 0.3) is 5.78 Å². The second kappa shape index (κ2) is 5.72. The lowest BCUT2D eigenvalue weighted by atomic mass is 9.88. The zero-order chi connectivity index (χ0) is 14.8. The van der Waals surface area contributed by atoms with Crippen molar-refractivity contribution in [1.82, 2.24) is 5.32 Å². The van der Waals surface area contributed by atoms with E-state index in [1.54, 1.807) is 24.3 Å². The summed E-state index contributed by atoms with van der Waals surface area (Å²) in [6.07, 6.45) is 5.98. The van der Waals surface area contributed by atoms with Crippen molar-refractivity contribution < 1.29 is 14.7 Å². The molecule has 0 unspecified atom stereocenters. The summed E-state index contributed by atoms with van der Waals surface area (Å²) in [5.74, 6) is -0.776. The second-order valence-electron chi connectivity index (χ2n) is 5.81. The Hall–Kier alpha value is -2.10. The van der Waals surface area contributed by atoms with Crippen LogP contribution in [0.2, 0.25) is 0 Å². The van der Waals surface area contributed by atoms with Gasteiger partial charge in [0.05, 0.1) is 0 Å². The number of Topliss-reactive ketones (excluding diaryl/α,β-unsaturated/α-hetero) is 2. The van der Waals surface area contributed by atoms with Crippen molar-refractivity contribution in [3.05, 3.63) is 41.1 Å². The molecule has 1 aromatic carbocycles. The average molecular weight is 285 g/mol. The van der Waals surface area contributed by atoms with Crippen LogP contribution in [-0.2, 0) is 4.79 Å². The number of benzene rings is 1. The zero-order valence-corrected chi connectivity index (χ0v) is 11.9. The standard InChI is InChI=1S/C17H19NO3/c19-15-12-8-4-5-9-13(12)16(20)17(21)14(15)18-10-11-6-2-1-3-7-11/h4-5,8-9,11,18-19H,1-3,6-7,10H2. The molecule has 2 N–H and O–H groups in total. The minimum Gasteiger partial charge on any atom is -0.505 e. The van der Waals surface area contributed by atoms with Gasteiger partial charge in [-0.1, -0.05) is 43.5 Å². The Balaban J connectivity index is 1.83. The minimum absolute atomic E-state index is 0.0595. The number of nitrogens with one attached hydrogen (secondary N) is 1. The maximum Gasteiger partial charge on any atom is 0.253 e. The van der Waals surface area contributed by atoms with E-state index >= 15 is 0 Å². The smallest absolute Gasteiger partial charge is 0.253 e. The van der Waals surface area contributed by atoms with E-state index in [2.05, 4.69) is 5.32 Å². The number of carbonyl (C=O) groups excluding carboxylic acids is 2. The van der Waals surface area contributed by atoms with Gasteiger partial charge in [-0.3, -0.25) is 9.59 Å². The molecular formula is C17H19NO3. The van der Waals surface area contributed by atoms with Crippen molar-refractivity contribution in [2.24, 2.45) is 5.92 Å². The molecule has 0 amide bonds. The first-order chi connectivity index (χ1) is 10.2. The Morgan fingerprint density at radius 3 is 2.38 bits per heavy atom. The number of carbonyl (C=O) groups is 2. The summed E-state index contributed by atoms with van der Waals surface area (Å²) in [6.45, 7) is 0.639. The second-order valence-corrected chi connectivity index (χ2v) is 5.81. The summed E-state index contributed by atoms with van der Waals surface area (Å²) in [4.78, 5) is 24.2. The summed E-state index contributed by atoms with van der Waals surface area (Å²) in [7, 11) is 0. The van der Waals surface area contributed by atoms with Crippen LogP contribution in [0.25, 0.3) is 5.76 Å². The Morgan fingerprint density at radius 2 is 1.67 bits per heavy atom. The number of aliphatic hydroxyl groups is 1. The average Bonchev–Trinajstić information content (AvgIpc) is 2.54. The van der Waals surface area contributed by atoms with Gasteiger partial charge in [-0.25, -0.2) is 0 Å². The lowest BCUT2D eigenvalue weighted by Crippen LogP contribution is -2.34. The molecule has 0 radical (unpaired) electrons. The first-order valence-electron chi connectivity index (χ1n) is 7.54. The van der Waals surface area contributed by atoms with E-state index in [0.717, 1.165) is 12.8 Å². The molecule has 0 bridgehead atoms. The molecule has 4 nitrogen and oxygen atoms in total. The van der Waals surface area contributed by atoms with E-state index < -0.39 is 11.6 Å². The Bertz CT molecular complexity index is 612. The highest BCUT2D eigenvalue weighted by Crippen LogP contribution is 2.27. The quantitative estimate of drug-likeness (QED) is 0.838. The van der Waals surface area contributed by atoms with Gasteiger partial charge in [0, 0.05) is 17.7 Å². The predicted octanol–water partition coefficient (Wildman–Crippen LogP) is 2.85. The summed E-state index contributed by atoms with van der Waals surface area (Å²) >= 11 is 0. The zero-order valence-electron chi connectivity index (χ0n) is 11.9. The first-order valence-corrected chi connectivity index (χ1v) is 7.54. The molecule has 0 spiro atoms. The van der Waals surface area contributed by atoms with Crippen LogP contribution >= 0.6 is 0 Å². The summed E-state index contributed by atoms with van der Waals surface area (Å²) in [6, 6.07) is 6.68. The molecule has 0 aromatic heterocycles. The van der Waals surface area contributed by atoms with E-state index in [4.69, 9.17) is 0 Å². The van der Waals surface area contributed by atoms with Crippen LogP contribution in [-0.4, -0.2) is 23.2 Å². The van der Waals surface area contributed by atoms with Crippen LogP contribution in [0.1, 0.15) is 48.0 Å². The lowest BCUT2D eigenvalue weighted by Gasteiger charge is -2.24. The molecular weight excluding hydrogens is 266 g/mol. The number of hydrogen-bond donors (Lipinski definition) is 2. The van der Waals surface area contributed by atoms with Crippen LogP contribution in [0.4, 0.5) is 0 Å². The number of rotatable bonds is 3. The normalized spacial score (nSPS) is 19.6. The van der Waals surface area contributed by atoms with Crippen LogP contribution in [0, 0.1) is 5.92 Å². The molecule has 2 aliphatic rings. The maximum atomic E-state index is 12.1. The maximum absolute atomic E-state index is 12.1. The van der Waals surface area contributed by atoms with Gasteiger partial charge in [0.2, 0.25) is 5.78 Å². The fourth-order valence-electron chi connectivity index (χ4n) is 3.17. The van der Waals surface area contributed by atoms with E-state index in [-0.39, 0.29) is 17.0 Å². The topological polar surface area (TPSA) is 66.4 Å². The van der Waals surface area contributed by atoms with Crippen molar-refractivity contribution in [3.63, 3.8) is 0 Å². The molecule has 1 fully saturated rings. The Labute approximate surface area is 123 Å². The molecule has 21 heavy (non-hydrogen) atoms. The highest BCUT2D eigenvalue weighted by molar-refractivity contribution is 6.52. The fraction of sp³-hybridized carbons (Fsp3) is 0.412. The number of allylic oxidation sites excluding steroid dienone is 1.